The summed E-state index contributed by atoms with van der Waals surface area (Å²) >= 11 is 0. The molecule has 4 rings (SSSR count). The number of nitrogens with zero attached hydrogens (tertiary/aromatic N) is 3. The van der Waals surface area contributed by atoms with Crippen LogP contribution in [0.1, 0.15) is 38.5 Å². The van der Waals surface area contributed by atoms with Crippen LogP contribution in [0.15, 0.2) is 34.3 Å². The third-order valence-corrected chi connectivity index (χ3v) is 9.60. The quantitative estimate of drug-likeness (QED) is 0.665. The van der Waals surface area contributed by atoms with E-state index in [2.05, 4.69) is 10.4 Å². The fourth-order valence-electron chi connectivity index (χ4n) is 4.16. The van der Waals surface area contributed by atoms with Gasteiger partial charge < -0.3 is 5.32 Å². The molecule has 2 saturated heterocycles. The van der Waals surface area contributed by atoms with E-state index in [1.165, 1.54) is 28.6 Å². The molecule has 3 heterocycles. The first-order chi connectivity index (χ1) is 15.2. The topological polar surface area (TPSA) is 133 Å². The van der Waals surface area contributed by atoms with Crippen molar-refractivity contribution in [2.45, 2.75) is 49.5 Å². The van der Waals surface area contributed by atoms with Crippen molar-refractivity contribution in [3.05, 3.63) is 24.3 Å². The van der Waals surface area contributed by atoms with Crippen LogP contribution < -0.4 is 5.32 Å². The van der Waals surface area contributed by atoms with E-state index in [0.29, 0.717) is 25.2 Å². The number of amides is 2. The minimum Gasteiger partial charge on any atom is -0.321 e. The predicted molar refractivity (Wildman–Crippen MR) is 118 cm³/mol. The van der Waals surface area contributed by atoms with E-state index in [4.69, 9.17) is 0 Å². The molecule has 0 aromatic heterocycles. The Morgan fingerprint density at radius 2 is 1.75 bits per heavy atom. The molecule has 0 saturated carbocycles. The second kappa shape index (κ2) is 8.91. The minimum absolute atomic E-state index is 0.00514. The van der Waals surface area contributed by atoms with Gasteiger partial charge in [-0.25, -0.2) is 21.8 Å². The predicted octanol–water partition coefficient (Wildman–Crippen LogP) is 0.965. The number of piperidine rings is 1. The Hall–Kier alpha value is -2.31. The summed E-state index contributed by atoms with van der Waals surface area (Å²) < 4.78 is 50.4. The third kappa shape index (κ3) is 4.86. The van der Waals surface area contributed by atoms with Crippen LogP contribution in [-0.2, 0) is 29.4 Å². The molecular formula is C20H26N4O6S2. The number of hydrogen-bond acceptors (Lipinski definition) is 7. The van der Waals surface area contributed by atoms with Crippen LogP contribution in [0, 0.1) is 0 Å². The van der Waals surface area contributed by atoms with Crippen molar-refractivity contribution in [1.82, 2.24) is 9.31 Å². The smallest absolute Gasteiger partial charge is 0.271 e. The molecule has 32 heavy (non-hydrogen) atoms. The lowest BCUT2D eigenvalue weighted by Gasteiger charge is -2.27. The number of rotatable bonds is 5. The number of nitrogens with one attached hydrogen (secondary N) is 1. The van der Waals surface area contributed by atoms with Gasteiger partial charge in [0, 0.05) is 31.6 Å². The minimum atomic E-state index is -3.56. The molecule has 3 aliphatic rings. The Bertz CT molecular complexity index is 1140. The number of sulfonamides is 1. The molecule has 10 nitrogen and oxygen atoms in total. The Kier molecular flexibility index (Phi) is 6.37. The van der Waals surface area contributed by atoms with Crippen molar-refractivity contribution >= 4 is 43.1 Å². The molecule has 1 unspecified atom stereocenters. The van der Waals surface area contributed by atoms with Crippen LogP contribution in [0.3, 0.4) is 0 Å². The molecule has 0 radical (unpaired) electrons. The molecule has 1 aromatic carbocycles. The number of carbonyl (C=O) groups is 2. The summed E-state index contributed by atoms with van der Waals surface area (Å²) in [6.07, 6.45) is 3.27. The highest BCUT2D eigenvalue weighted by Gasteiger charge is 2.37. The van der Waals surface area contributed by atoms with Gasteiger partial charge in [0.15, 0.2) is 9.84 Å². The van der Waals surface area contributed by atoms with Crippen LogP contribution in [0.4, 0.5) is 5.69 Å². The van der Waals surface area contributed by atoms with Crippen LogP contribution in [0.2, 0.25) is 0 Å². The van der Waals surface area contributed by atoms with Gasteiger partial charge in [0.05, 0.1) is 22.4 Å². The number of sulfone groups is 1. The molecular weight excluding hydrogens is 456 g/mol. The van der Waals surface area contributed by atoms with Gasteiger partial charge in [0.2, 0.25) is 15.9 Å². The van der Waals surface area contributed by atoms with Crippen LogP contribution in [-0.4, -0.2) is 74.3 Å². The van der Waals surface area contributed by atoms with Crippen molar-refractivity contribution in [3.8, 4) is 0 Å². The molecule has 12 heteroatoms. The van der Waals surface area contributed by atoms with E-state index in [-0.39, 0.29) is 40.9 Å². The molecule has 174 valence electrons. The molecule has 0 aliphatic carbocycles. The van der Waals surface area contributed by atoms with Crippen molar-refractivity contribution < 1.29 is 26.4 Å². The van der Waals surface area contributed by atoms with E-state index >= 15 is 0 Å². The largest absolute Gasteiger partial charge is 0.321 e. The molecule has 1 atom stereocenters. The fourth-order valence-corrected chi connectivity index (χ4v) is 7.37. The van der Waals surface area contributed by atoms with Gasteiger partial charge >= 0.3 is 0 Å². The highest BCUT2D eigenvalue weighted by Crippen LogP contribution is 2.24. The van der Waals surface area contributed by atoms with Crippen LogP contribution >= 0.6 is 0 Å². The standard InChI is InChI=1S/C20H26N4O6S2/c25-19-9-8-18(22-24(19)16-10-13-31(27,28)14-16)20(26)21-15-4-6-17(7-5-15)32(29,30)23-11-2-1-3-12-23/h4-7,16H,1-3,8-14H2,(H,21,26). The summed E-state index contributed by atoms with van der Waals surface area (Å²) in [6.45, 7) is 1.02. The molecule has 1 N–H and O–H groups in total. The highest BCUT2D eigenvalue weighted by atomic mass is 32.2. The van der Waals surface area contributed by atoms with Gasteiger partial charge in [0.25, 0.3) is 5.91 Å². The zero-order valence-electron chi connectivity index (χ0n) is 17.6. The third-order valence-electron chi connectivity index (χ3n) is 5.94. The molecule has 1 aromatic rings. The lowest BCUT2D eigenvalue weighted by atomic mass is 10.1. The van der Waals surface area contributed by atoms with Crippen molar-refractivity contribution in [3.63, 3.8) is 0 Å². The first kappa shape index (κ1) is 22.9. The Balaban J connectivity index is 1.44. The summed E-state index contributed by atoms with van der Waals surface area (Å²) in [5.74, 6) is -0.944. The number of benzene rings is 1. The average Bonchev–Trinajstić information content (AvgIpc) is 3.14. The summed E-state index contributed by atoms with van der Waals surface area (Å²) in [7, 11) is -6.75. The van der Waals surface area contributed by atoms with Crippen LogP contribution in [0.5, 0.6) is 0 Å². The zero-order chi connectivity index (χ0) is 22.9. The van der Waals surface area contributed by atoms with E-state index in [1.54, 1.807) is 0 Å². The van der Waals surface area contributed by atoms with Gasteiger partial charge in [-0.15, -0.1) is 0 Å². The van der Waals surface area contributed by atoms with Gasteiger partial charge in [-0.05, 0) is 43.5 Å². The Morgan fingerprint density at radius 3 is 2.38 bits per heavy atom. The maximum Gasteiger partial charge on any atom is 0.271 e. The Labute approximate surface area is 187 Å². The maximum atomic E-state index is 12.7. The lowest BCUT2D eigenvalue weighted by molar-refractivity contribution is -0.133. The summed E-state index contributed by atoms with van der Waals surface area (Å²) in [4.78, 5) is 25.1. The van der Waals surface area contributed by atoms with Gasteiger partial charge in [-0.3, -0.25) is 9.59 Å². The van der Waals surface area contributed by atoms with Crippen molar-refractivity contribution in [2.24, 2.45) is 5.10 Å². The number of hydrogen-bond donors (Lipinski definition) is 1. The summed E-state index contributed by atoms with van der Waals surface area (Å²) in [5.41, 5.74) is 0.543. The second-order valence-electron chi connectivity index (χ2n) is 8.29. The van der Waals surface area contributed by atoms with Crippen molar-refractivity contribution in [1.29, 1.82) is 0 Å². The lowest BCUT2D eigenvalue weighted by Crippen LogP contribution is -2.42. The van der Waals surface area contributed by atoms with Gasteiger partial charge in [0.1, 0.15) is 5.71 Å². The summed E-state index contributed by atoms with van der Waals surface area (Å²) in [5, 5.41) is 7.96. The van der Waals surface area contributed by atoms with E-state index in [1.807, 2.05) is 0 Å². The molecule has 2 amide bonds. The van der Waals surface area contributed by atoms with Crippen LogP contribution in [0.25, 0.3) is 0 Å². The SMILES string of the molecule is O=C(Nc1ccc(S(=O)(=O)N2CCCCC2)cc1)C1=NN(C2CCS(=O)(=O)C2)C(=O)CC1. The van der Waals surface area contributed by atoms with Gasteiger partial charge in [-0.2, -0.15) is 9.41 Å². The normalized spacial score (nSPS) is 24.2. The number of anilines is 1. The van der Waals surface area contributed by atoms with E-state index < -0.39 is 31.8 Å². The molecule has 3 aliphatic heterocycles. The molecule has 2 fully saturated rings. The fraction of sp³-hybridized carbons (Fsp3) is 0.550. The zero-order valence-corrected chi connectivity index (χ0v) is 19.2. The molecule has 0 spiro atoms. The van der Waals surface area contributed by atoms with Crippen molar-refractivity contribution in [2.75, 3.05) is 29.9 Å². The monoisotopic (exact) mass is 482 g/mol. The highest BCUT2D eigenvalue weighted by molar-refractivity contribution is 7.91. The number of carbonyl (C=O) groups excluding carboxylic acids is 2. The van der Waals surface area contributed by atoms with E-state index in [9.17, 15) is 26.4 Å². The van der Waals surface area contributed by atoms with E-state index in [0.717, 1.165) is 24.3 Å². The Morgan fingerprint density at radius 1 is 1.06 bits per heavy atom. The second-order valence-corrected chi connectivity index (χ2v) is 12.5. The average molecular weight is 483 g/mol. The van der Waals surface area contributed by atoms with Gasteiger partial charge in [-0.1, -0.05) is 6.42 Å². The molecule has 0 bridgehead atoms. The first-order valence-electron chi connectivity index (χ1n) is 10.7. The maximum absolute atomic E-state index is 12.7. The number of hydrazone groups is 1. The summed E-state index contributed by atoms with van der Waals surface area (Å²) in [6, 6.07) is 5.41. The first-order valence-corrected chi connectivity index (χ1v) is 13.9.